The fourth-order valence-electron chi connectivity index (χ4n) is 1.72. The largest absolute Gasteiger partial charge is 0.392 e. The molecular formula is C14H22N2O3S. The van der Waals surface area contributed by atoms with Crippen LogP contribution in [0.4, 0.5) is 4.79 Å². The number of amides is 2. The molecule has 0 spiro atoms. The summed E-state index contributed by atoms with van der Waals surface area (Å²) in [4.78, 5) is 13.0. The monoisotopic (exact) mass is 298 g/mol. The fraction of sp³-hybridized carbons (Fsp3) is 0.500. The van der Waals surface area contributed by atoms with E-state index in [0.29, 0.717) is 18.1 Å². The molecule has 0 aliphatic carbocycles. The standard InChI is InChI=1S/C14H22N2O3S/c1-12(17)10-16(2)14(18)15-8-9-20(19)11-13-6-4-3-5-7-13/h3-7,12,17H,8-11H2,1-2H3,(H,15,18). The third-order valence-electron chi connectivity index (χ3n) is 2.66. The Balaban J connectivity index is 2.23. The topological polar surface area (TPSA) is 69.6 Å². The number of nitrogens with one attached hydrogen (secondary N) is 1. The first-order valence-corrected chi connectivity index (χ1v) is 8.03. The lowest BCUT2D eigenvalue weighted by Crippen LogP contribution is -2.41. The zero-order valence-electron chi connectivity index (χ0n) is 11.9. The molecule has 0 aliphatic rings. The number of likely N-dealkylation sites (N-methyl/N-ethyl adjacent to an activating group) is 1. The van der Waals surface area contributed by atoms with Gasteiger partial charge in [0.25, 0.3) is 0 Å². The van der Waals surface area contributed by atoms with E-state index in [-0.39, 0.29) is 12.6 Å². The van der Waals surface area contributed by atoms with Gasteiger partial charge < -0.3 is 15.3 Å². The zero-order valence-corrected chi connectivity index (χ0v) is 12.7. The maximum absolute atomic E-state index is 11.8. The van der Waals surface area contributed by atoms with Gasteiger partial charge in [0.05, 0.1) is 6.10 Å². The molecule has 2 N–H and O–H groups in total. The molecule has 2 amide bonds. The molecule has 20 heavy (non-hydrogen) atoms. The number of carbonyl (C=O) groups is 1. The number of hydrogen-bond acceptors (Lipinski definition) is 3. The van der Waals surface area contributed by atoms with Crippen molar-refractivity contribution in [2.75, 3.05) is 25.9 Å². The highest BCUT2D eigenvalue weighted by molar-refractivity contribution is 7.84. The molecule has 6 heteroatoms. The Bertz CT molecular complexity index is 437. The average Bonchev–Trinajstić information content (AvgIpc) is 2.38. The smallest absolute Gasteiger partial charge is 0.317 e. The average molecular weight is 298 g/mol. The van der Waals surface area contributed by atoms with Gasteiger partial charge >= 0.3 is 6.03 Å². The van der Waals surface area contributed by atoms with Gasteiger partial charge in [-0.15, -0.1) is 0 Å². The Morgan fingerprint density at radius 2 is 2.05 bits per heavy atom. The predicted molar refractivity (Wildman–Crippen MR) is 80.9 cm³/mol. The Kier molecular flexibility index (Phi) is 7.25. The first kappa shape index (κ1) is 16.7. The van der Waals surface area contributed by atoms with Gasteiger partial charge in [0.1, 0.15) is 0 Å². The van der Waals surface area contributed by atoms with Crippen LogP contribution in [0, 0.1) is 0 Å². The van der Waals surface area contributed by atoms with E-state index in [2.05, 4.69) is 5.32 Å². The van der Waals surface area contributed by atoms with Crippen molar-refractivity contribution in [1.82, 2.24) is 10.2 Å². The van der Waals surface area contributed by atoms with Crippen molar-refractivity contribution < 1.29 is 14.1 Å². The van der Waals surface area contributed by atoms with E-state index in [9.17, 15) is 14.1 Å². The van der Waals surface area contributed by atoms with Gasteiger partial charge in [-0.3, -0.25) is 4.21 Å². The maximum Gasteiger partial charge on any atom is 0.317 e. The molecule has 1 rings (SSSR count). The third-order valence-corrected chi connectivity index (χ3v) is 3.98. The van der Waals surface area contributed by atoms with Crippen molar-refractivity contribution >= 4 is 16.8 Å². The van der Waals surface area contributed by atoms with Crippen LogP contribution in [-0.2, 0) is 16.6 Å². The summed E-state index contributed by atoms with van der Waals surface area (Å²) in [5.41, 5.74) is 1.03. The molecule has 0 bridgehead atoms. The van der Waals surface area contributed by atoms with Gasteiger partial charge in [-0.2, -0.15) is 0 Å². The summed E-state index contributed by atoms with van der Waals surface area (Å²) < 4.78 is 11.8. The zero-order chi connectivity index (χ0) is 15.0. The van der Waals surface area contributed by atoms with Crippen molar-refractivity contribution in [3.8, 4) is 0 Å². The minimum absolute atomic E-state index is 0.261. The van der Waals surface area contributed by atoms with E-state index in [0.717, 1.165) is 5.56 Å². The molecule has 2 atom stereocenters. The molecule has 1 aromatic rings. The van der Waals surface area contributed by atoms with Crippen LogP contribution in [0.15, 0.2) is 30.3 Å². The molecule has 2 unspecified atom stereocenters. The van der Waals surface area contributed by atoms with Crippen LogP contribution in [0.1, 0.15) is 12.5 Å². The van der Waals surface area contributed by atoms with E-state index < -0.39 is 16.9 Å². The molecule has 5 nitrogen and oxygen atoms in total. The van der Waals surface area contributed by atoms with Gasteiger partial charge in [0.2, 0.25) is 0 Å². The number of hydrogen-bond donors (Lipinski definition) is 2. The third kappa shape index (κ3) is 6.68. The second-order valence-electron chi connectivity index (χ2n) is 4.74. The molecule has 0 saturated carbocycles. The second kappa shape index (κ2) is 8.71. The van der Waals surface area contributed by atoms with E-state index in [1.165, 1.54) is 4.90 Å². The molecule has 0 saturated heterocycles. The SMILES string of the molecule is CC(O)CN(C)C(=O)NCCS(=O)Cc1ccccc1. The van der Waals surface area contributed by atoms with Gasteiger partial charge in [0, 0.05) is 42.4 Å². The van der Waals surface area contributed by atoms with E-state index in [4.69, 9.17) is 0 Å². The van der Waals surface area contributed by atoms with E-state index >= 15 is 0 Å². The molecule has 0 fully saturated rings. The molecule has 0 aliphatic heterocycles. The van der Waals surface area contributed by atoms with Crippen molar-refractivity contribution in [2.45, 2.75) is 18.8 Å². The summed E-state index contributed by atoms with van der Waals surface area (Å²) in [6, 6.07) is 9.37. The van der Waals surface area contributed by atoms with Crippen molar-refractivity contribution in [1.29, 1.82) is 0 Å². The van der Waals surface area contributed by atoms with Crippen LogP contribution < -0.4 is 5.32 Å². The lowest BCUT2D eigenvalue weighted by Gasteiger charge is -2.19. The predicted octanol–water partition coefficient (Wildman–Crippen LogP) is 0.958. The number of urea groups is 1. The number of carbonyl (C=O) groups excluding carboxylic acids is 1. The number of aliphatic hydroxyl groups excluding tert-OH is 1. The van der Waals surface area contributed by atoms with Crippen LogP contribution in [-0.4, -0.2) is 52.2 Å². The van der Waals surface area contributed by atoms with Crippen LogP contribution in [0.5, 0.6) is 0 Å². The Morgan fingerprint density at radius 1 is 1.40 bits per heavy atom. The number of nitrogens with zero attached hydrogens (tertiary/aromatic N) is 1. The number of benzene rings is 1. The highest BCUT2D eigenvalue weighted by Gasteiger charge is 2.10. The summed E-state index contributed by atoms with van der Waals surface area (Å²) in [6.45, 7) is 2.26. The van der Waals surface area contributed by atoms with E-state index in [1.807, 2.05) is 30.3 Å². The van der Waals surface area contributed by atoms with Crippen molar-refractivity contribution in [3.63, 3.8) is 0 Å². The van der Waals surface area contributed by atoms with Gasteiger partial charge in [-0.1, -0.05) is 30.3 Å². The summed E-state index contributed by atoms with van der Waals surface area (Å²) >= 11 is 0. The number of aliphatic hydroxyl groups is 1. The molecule has 0 heterocycles. The lowest BCUT2D eigenvalue weighted by atomic mass is 10.2. The van der Waals surface area contributed by atoms with Crippen LogP contribution in [0.25, 0.3) is 0 Å². The molecular weight excluding hydrogens is 276 g/mol. The van der Waals surface area contributed by atoms with E-state index in [1.54, 1.807) is 14.0 Å². The van der Waals surface area contributed by atoms with Crippen LogP contribution in [0.3, 0.4) is 0 Å². The summed E-state index contributed by atoms with van der Waals surface area (Å²) in [5, 5.41) is 11.9. The first-order valence-electron chi connectivity index (χ1n) is 6.55. The lowest BCUT2D eigenvalue weighted by molar-refractivity contribution is 0.144. The molecule has 0 aromatic heterocycles. The van der Waals surface area contributed by atoms with Gasteiger partial charge in [-0.05, 0) is 12.5 Å². The summed E-state index contributed by atoms with van der Waals surface area (Å²) in [7, 11) is 0.620. The molecule has 1 aromatic carbocycles. The van der Waals surface area contributed by atoms with Crippen molar-refractivity contribution in [2.24, 2.45) is 0 Å². The quantitative estimate of drug-likeness (QED) is 0.787. The van der Waals surface area contributed by atoms with Gasteiger partial charge in [0.15, 0.2) is 0 Å². The molecule has 112 valence electrons. The van der Waals surface area contributed by atoms with Gasteiger partial charge in [-0.25, -0.2) is 4.79 Å². The second-order valence-corrected chi connectivity index (χ2v) is 6.31. The number of rotatable bonds is 7. The van der Waals surface area contributed by atoms with Crippen LogP contribution >= 0.6 is 0 Å². The Morgan fingerprint density at radius 3 is 2.65 bits per heavy atom. The summed E-state index contributed by atoms with van der Waals surface area (Å²) in [5.74, 6) is 0.920. The Labute approximate surface area is 122 Å². The normalized spacial score (nSPS) is 13.6. The van der Waals surface area contributed by atoms with Crippen LogP contribution in [0.2, 0.25) is 0 Å². The minimum atomic E-state index is -0.994. The first-order chi connectivity index (χ1) is 9.49. The maximum atomic E-state index is 11.8. The highest BCUT2D eigenvalue weighted by atomic mass is 32.2. The Hall–Kier alpha value is -1.40. The minimum Gasteiger partial charge on any atom is -0.392 e. The summed E-state index contributed by atoms with van der Waals surface area (Å²) in [6.07, 6.45) is -0.557. The fourth-order valence-corrected chi connectivity index (χ4v) is 2.76. The molecule has 0 radical (unpaired) electrons. The van der Waals surface area contributed by atoms with Crippen molar-refractivity contribution in [3.05, 3.63) is 35.9 Å². The highest BCUT2D eigenvalue weighted by Crippen LogP contribution is 2.02.